The van der Waals surface area contributed by atoms with Crippen molar-refractivity contribution in [3.63, 3.8) is 0 Å². The summed E-state index contributed by atoms with van der Waals surface area (Å²) in [5.41, 5.74) is 8.94. The van der Waals surface area contributed by atoms with Crippen LogP contribution in [0.5, 0.6) is 0 Å². The number of rotatable bonds is 11. The Labute approximate surface area is 209 Å². The quantitative estimate of drug-likeness (QED) is 0.243. The van der Waals surface area contributed by atoms with E-state index in [4.69, 9.17) is 4.99 Å². The minimum atomic E-state index is 0.103. The molecule has 2 atom stereocenters. The van der Waals surface area contributed by atoms with Gasteiger partial charge in [-0.3, -0.25) is 0 Å². The predicted molar refractivity (Wildman–Crippen MR) is 152 cm³/mol. The van der Waals surface area contributed by atoms with Gasteiger partial charge in [0.05, 0.1) is 0 Å². The largest absolute Gasteiger partial charge is 0.363 e. The molecule has 2 heteroatoms. The fourth-order valence-corrected chi connectivity index (χ4v) is 4.83. The SMILES string of the molecule is C=C(C)c1ccccc1C(C)(CCC)CCN(C)C(C)=NC(=C)C(C)Cc1ccc(C)cc1C. The summed E-state index contributed by atoms with van der Waals surface area (Å²) < 4.78 is 0. The second kappa shape index (κ2) is 12.2. The Morgan fingerprint density at radius 1 is 1.06 bits per heavy atom. The Kier molecular flexibility index (Phi) is 9.91. The van der Waals surface area contributed by atoms with Crippen molar-refractivity contribution >= 4 is 11.4 Å². The molecule has 34 heavy (non-hydrogen) atoms. The Hall–Kier alpha value is -2.61. The summed E-state index contributed by atoms with van der Waals surface area (Å²) in [5, 5.41) is 0. The van der Waals surface area contributed by atoms with Gasteiger partial charge >= 0.3 is 0 Å². The number of amidine groups is 1. The molecule has 0 heterocycles. The van der Waals surface area contributed by atoms with Gasteiger partial charge < -0.3 is 4.90 Å². The number of hydrogen-bond acceptors (Lipinski definition) is 1. The molecule has 0 bridgehead atoms. The molecule has 0 fully saturated rings. The first-order valence-electron chi connectivity index (χ1n) is 12.7. The molecule has 2 aromatic carbocycles. The maximum atomic E-state index is 4.92. The van der Waals surface area contributed by atoms with Gasteiger partial charge in [-0.15, -0.1) is 0 Å². The molecule has 0 N–H and O–H groups in total. The number of aliphatic imine (C=N–C) groups is 1. The van der Waals surface area contributed by atoms with E-state index in [0.717, 1.165) is 49.3 Å². The van der Waals surface area contributed by atoms with Crippen LogP contribution in [-0.4, -0.2) is 24.3 Å². The monoisotopic (exact) mass is 458 g/mol. The van der Waals surface area contributed by atoms with Gasteiger partial charge in [-0.05, 0) is 74.6 Å². The third-order valence-electron chi connectivity index (χ3n) is 7.29. The molecule has 2 aromatic rings. The van der Waals surface area contributed by atoms with Crippen LogP contribution in [0.15, 0.2) is 66.3 Å². The molecular weight excluding hydrogens is 412 g/mol. The molecule has 0 amide bonds. The van der Waals surface area contributed by atoms with Crippen LogP contribution in [0.25, 0.3) is 5.57 Å². The number of allylic oxidation sites excluding steroid dienone is 2. The lowest BCUT2D eigenvalue weighted by atomic mass is 9.73. The molecule has 2 rings (SSSR count). The minimum Gasteiger partial charge on any atom is -0.363 e. The van der Waals surface area contributed by atoms with Crippen molar-refractivity contribution in [3.8, 4) is 0 Å². The molecule has 0 aliphatic heterocycles. The van der Waals surface area contributed by atoms with Gasteiger partial charge in [0, 0.05) is 25.2 Å². The van der Waals surface area contributed by atoms with Gasteiger partial charge in [0.15, 0.2) is 0 Å². The van der Waals surface area contributed by atoms with Crippen LogP contribution in [0, 0.1) is 19.8 Å². The van der Waals surface area contributed by atoms with E-state index in [2.05, 4.69) is 116 Å². The fourth-order valence-electron chi connectivity index (χ4n) is 4.83. The van der Waals surface area contributed by atoms with Crippen molar-refractivity contribution in [2.24, 2.45) is 10.9 Å². The van der Waals surface area contributed by atoms with E-state index in [0.29, 0.717) is 5.92 Å². The van der Waals surface area contributed by atoms with Crippen molar-refractivity contribution in [2.75, 3.05) is 13.6 Å². The maximum absolute atomic E-state index is 4.92. The second-order valence-electron chi connectivity index (χ2n) is 10.5. The summed E-state index contributed by atoms with van der Waals surface area (Å²) in [5.74, 6) is 1.34. The Morgan fingerprint density at radius 3 is 2.35 bits per heavy atom. The molecule has 0 aliphatic rings. The second-order valence-corrected chi connectivity index (χ2v) is 10.5. The van der Waals surface area contributed by atoms with Crippen molar-refractivity contribution in [2.45, 2.75) is 79.6 Å². The van der Waals surface area contributed by atoms with Crippen LogP contribution < -0.4 is 0 Å². The van der Waals surface area contributed by atoms with Crippen molar-refractivity contribution in [3.05, 3.63) is 89.1 Å². The molecule has 0 spiro atoms. The highest BCUT2D eigenvalue weighted by Crippen LogP contribution is 2.37. The summed E-state index contributed by atoms with van der Waals surface area (Å²) in [6.45, 7) is 25.0. The lowest BCUT2D eigenvalue weighted by molar-refractivity contribution is 0.345. The molecule has 0 radical (unpaired) electrons. The van der Waals surface area contributed by atoms with E-state index in [-0.39, 0.29) is 5.41 Å². The molecule has 2 nitrogen and oxygen atoms in total. The zero-order valence-corrected chi connectivity index (χ0v) is 23.0. The minimum absolute atomic E-state index is 0.103. The van der Waals surface area contributed by atoms with Crippen LogP contribution in [0.1, 0.15) is 81.7 Å². The van der Waals surface area contributed by atoms with Gasteiger partial charge in [-0.25, -0.2) is 4.99 Å². The summed E-state index contributed by atoms with van der Waals surface area (Å²) >= 11 is 0. The van der Waals surface area contributed by atoms with E-state index in [9.17, 15) is 0 Å². The zero-order valence-electron chi connectivity index (χ0n) is 23.0. The maximum Gasteiger partial charge on any atom is 0.101 e. The summed E-state index contributed by atoms with van der Waals surface area (Å²) in [6.07, 6.45) is 4.35. The molecule has 0 aliphatic carbocycles. The Balaban J connectivity index is 2.10. The molecule has 184 valence electrons. The molecule has 0 saturated heterocycles. The smallest absolute Gasteiger partial charge is 0.101 e. The highest BCUT2D eigenvalue weighted by Gasteiger charge is 2.28. The average molecular weight is 459 g/mol. The first kappa shape index (κ1) is 27.6. The van der Waals surface area contributed by atoms with Gasteiger partial charge in [0.25, 0.3) is 0 Å². The molecule has 0 saturated carbocycles. The van der Waals surface area contributed by atoms with Crippen LogP contribution in [0.4, 0.5) is 0 Å². The van der Waals surface area contributed by atoms with Crippen molar-refractivity contribution in [1.29, 1.82) is 0 Å². The fraction of sp³-hybridized carbons (Fsp3) is 0.469. The lowest BCUT2D eigenvalue weighted by Crippen LogP contribution is -2.32. The van der Waals surface area contributed by atoms with E-state index < -0.39 is 0 Å². The number of nitrogens with zero attached hydrogens (tertiary/aromatic N) is 2. The van der Waals surface area contributed by atoms with Crippen LogP contribution in [0.3, 0.4) is 0 Å². The van der Waals surface area contributed by atoms with E-state index >= 15 is 0 Å². The molecule has 0 aromatic heterocycles. The van der Waals surface area contributed by atoms with E-state index in [1.165, 1.54) is 27.8 Å². The van der Waals surface area contributed by atoms with Gasteiger partial charge in [0.1, 0.15) is 5.84 Å². The van der Waals surface area contributed by atoms with E-state index in [1.807, 2.05) is 0 Å². The number of hydrogen-bond donors (Lipinski definition) is 0. The predicted octanol–water partition coefficient (Wildman–Crippen LogP) is 8.53. The number of benzene rings is 2. The standard InChI is InChI=1S/C32H46N2/c1-11-18-32(9,31-15-13-12-14-30(31)23(2)3)19-20-34(10)28(8)33-27(7)25(5)22-29-17-16-24(4)21-26(29)6/h12-17,21,25H,2,7,11,18-20,22H2,1,3-6,8-10H3. The zero-order chi connectivity index (χ0) is 25.5. The first-order valence-corrected chi connectivity index (χ1v) is 12.7. The summed E-state index contributed by atoms with van der Waals surface area (Å²) in [7, 11) is 2.15. The normalized spacial score (nSPS) is 14.4. The third-order valence-corrected chi connectivity index (χ3v) is 7.29. The van der Waals surface area contributed by atoms with Gasteiger partial charge in [0.2, 0.25) is 0 Å². The molecule has 2 unspecified atom stereocenters. The first-order chi connectivity index (χ1) is 16.0. The molecular formula is C32H46N2. The van der Waals surface area contributed by atoms with Crippen LogP contribution >= 0.6 is 0 Å². The summed E-state index contributed by atoms with van der Waals surface area (Å²) in [6, 6.07) is 15.5. The van der Waals surface area contributed by atoms with E-state index in [1.54, 1.807) is 0 Å². The highest BCUT2D eigenvalue weighted by molar-refractivity contribution is 5.80. The third kappa shape index (κ3) is 7.19. The number of aryl methyl sites for hydroxylation is 2. The lowest BCUT2D eigenvalue weighted by Gasteiger charge is -2.34. The van der Waals surface area contributed by atoms with Gasteiger partial charge in [-0.1, -0.05) is 94.0 Å². The summed E-state index contributed by atoms with van der Waals surface area (Å²) in [4.78, 5) is 7.20. The Morgan fingerprint density at radius 2 is 1.74 bits per heavy atom. The van der Waals surface area contributed by atoms with Crippen molar-refractivity contribution < 1.29 is 0 Å². The van der Waals surface area contributed by atoms with Crippen molar-refractivity contribution in [1.82, 2.24) is 4.90 Å². The van der Waals surface area contributed by atoms with Gasteiger partial charge in [-0.2, -0.15) is 0 Å². The average Bonchev–Trinajstić information content (AvgIpc) is 2.79. The topological polar surface area (TPSA) is 15.6 Å². The van der Waals surface area contributed by atoms with Crippen LogP contribution in [0.2, 0.25) is 0 Å². The Bertz CT molecular complexity index is 1030. The van der Waals surface area contributed by atoms with Crippen LogP contribution in [-0.2, 0) is 11.8 Å². The highest BCUT2D eigenvalue weighted by atomic mass is 15.2.